The molecule has 0 saturated carbocycles. The van der Waals surface area contributed by atoms with Crippen LogP contribution >= 0.6 is 0 Å². The van der Waals surface area contributed by atoms with Crippen LogP contribution in [0.25, 0.3) is 11.4 Å². The second-order valence-corrected chi connectivity index (χ2v) is 6.65. The predicted molar refractivity (Wildman–Crippen MR) is 110 cm³/mol. The Morgan fingerprint density at radius 3 is 2.17 bits per heavy atom. The zero-order valence-electron chi connectivity index (χ0n) is 16.4. The molecule has 2 aromatic heterocycles. The molecule has 4 rings (SSSR count). The number of hydrogen-bond donors (Lipinski definition) is 1. The number of carbonyl (C=O) groups excluding carboxylic acids is 1. The largest absolute Gasteiger partial charge is 0.368 e. The molecule has 10 heteroatoms. The number of hydrogen-bond acceptors (Lipinski definition) is 5. The average molecular weight is 405 g/mol. The lowest BCUT2D eigenvalue weighted by Crippen LogP contribution is -2.31. The second-order valence-electron chi connectivity index (χ2n) is 6.65. The number of nitrogens with one attached hydrogen (secondary N) is 1. The number of aromatic nitrogens is 6. The van der Waals surface area contributed by atoms with E-state index in [1.54, 1.807) is 55.1 Å². The van der Waals surface area contributed by atoms with Crippen LogP contribution in [0.5, 0.6) is 0 Å². The third-order valence-electron chi connectivity index (χ3n) is 4.75. The first-order chi connectivity index (χ1) is 14.5. The van der Waals surface area contributed by atoms with Crippen molar-refractivity contribution in [1.29, 1.82) is 0 Å². The molecular weight excluding hydrogens is 386 g/mol. The van der Waals surface area contributed by atoms with E-state index in [4.69, 9.17) is 0 Å². The molecule has 2 aromatic carbocycles. The van der Waals surface area contributed by atoms with Crippen molar-refractivity contribution in [2.24, 2.45) is 7.05 Å². The molecule has 0 unspecified atom stereocenters. The highest BCUT2D eigenvalue weighted by molar-refractivity contribution is 5.90. The van der Waals surface area contributed by atoms with Crippen LogP contribution in [0.15, 0.2) is 70.3 Å². The minimum atomic E-state index is -0.553. The summed E-state index contributed by atoms with van der Waals surface area (Å²) in [5.41, 5.74) is 1.03. The van der Waals surface area contributed by atoms with E-state index in [0.29, 0.717) is 17.1 Å². The standard InChI is InChI=1S/C20H19N7O3/c1-14-18(19(29)27(24(14)2)16-11-7-4-8-12-16)21-17(28)13-25-20(30)26(23-22-25)15-9-5-3-6-10-15/h3-12H,13H2,1-2H3,(H,21,28). The molecular formula is C20H19N7O3. The highest BCUT2D eigenvalue weighted by Crippen LogP contribution is 2.13. The van der Waals surface area contributed by atoms with Gasteiger partial charge in [-0.05, 0) is 41.6 Å². The molecule has 0 atom stereocenters. The van der Waals surface area contributed by atoms with Gasteiger partial charge in [-0.1, -0.05) is 36.4 Å². The maximum absolute atomic E-state index is 12.9. The number of tetrazole rings is 1. The van der Waals surface area contributed by atoms with Gasteiger partial charge in [-0.15, -0.1) is 0 Å². The Labute approximate surface area is 170 Å². The van der Waals surface area contributed by atoms with E-state index in [-0.39, 0.29) is 17.8 Å². The molecule has 30 heavy (non-hydrogen) atoms. The molecule has 0 radical (unpaired) electrons. The number of benzene rings is 2. The first kappa shape index (κ1) is 19.1. The minimum absolute atomic E-state index is 0.148. The third kappa shape index (κ3) is 3.34. The molecule has 0 bridgehead atoms. The topological polar surface area (TPSA) is 109 Å². The number of para-hydroxylation sites is 2. The lowest BCUT2D eigenvalue weighted by molar-refractivity contribution is -0.117. The number of anilines is 1. The van der Waals surface area contributed by atoms with Gasteiger partial charge in [-0.25, -0.2) is 9.48 Å². The summed E-state index contributed by atoms with van der Waals surface area (Å²) in [7, 11) is 1.73. The first-order valence-electron chi connectivity index (χ1n) is 9.19. The molecule has 0 saturated heterocycles. The normalized spacial score (nSPS) is 10.9. The SMILES string of the molecule is Cc1c(NC(=O)Cn2nnn(-c3ccccc3)c2=O)c(=O)n(-c2ccccc2)n1C. The Bertz CT molecular complexity index is 1310. The molecule has 152 valence electrons. The number of amides is 1. The van der Waals surface area contributed by atoms with Crippen LogP contribution in [0.1, 0.15) is 5.69 Å². The smallest absolute Gasteiger partial charge is 0.318 e. The number of nitrogens with zero attached hydrogens (tertiary/aromatic N) is 6. The van der Waals surface area contributed by atoms with Gasteiger partial charge >= 0.3 is 5.69 Å². The van der Waals surface area contributed by atoms with Crippen molar-refractivity contribution < 1.29 is 4.79 Å². The van der Waals surface area contributed by atoms with Gasteiger partial charge < -0.3 is 5.32 Å². The maximum Gasteiger partial charge on any atom is 0.368 e. The fourth-order valence-electron chi connectivity index (χ4n) is 3.13. The van der Waals surface area contributed by atoms with Gasteiger partial charge in [-0.3, -0.25) is 14.3 Å². The highest BCUT2D eigenvalue weighted by Gasteiger charge is 2.19. The van der Waals surface area contributed by atoms with E-state index in [1.165, 1.54) is 4.68 Å². The zero-order chi connectivity index (χ0) is 21.3. The fourth-order valence-corrected chi connectivity index (χ4v) is 3.13. The zero-order valence-corrected chi connectivity index (χ0v) is 16.4. The summed E-state index contributed by atoms with van der Waals surface area (Å²) >= 11 is 0. The van der Waals surface area contributed by atoms with Crippen molar-refractivity contribution in [3.05, 3.63) is 87.2 Å². The van der Waals surface area contributed by atoms with E-state index in [1.807, 2.05) is 24.3 Å². The van der Waals surface area contributed by atoms with Crippen LogP contribution in [0.4, 0.5) is 5.69 Å². The van der Waals surface area contributed by atoms with E-state index >= 15 is 0 Å². The summed E-state index contributed by atoms with van der Waals surface area (Å²) in [4.78, 5) is 37.9. The van der Waals surface area contributed by atoms with Gasteiger partial charge in [0.2, 0.25) is 5.91 Å². The Kier molecular flexibility index (Phi) is 4.88. The van der Waals surface area contributed by atoms with Crippen molar-refractivity contribution in [3.63, 3.8) is 0 Å². The van der Waals surface area contributed by atoms with Gasteiger partial charge in [0.1, 0.15) is 12.2 Å². The van der Waals surface area contributed by atoms with Gasteiger partial charge in [-0.2, -0.15) is 9.36 Å². The van der Waals surface area contributed by atoms with Gasteiger partial charge in [0.05, 0.1) is 17.1 Å². The van der Waals surface area contributed by atoms with E-state index in [2.05, 4.69) is 15.7 Å². The first-order valence-corrected chi connectivity index (χ1v) is 9.19. The Morgan fingerprint density at radius 1 is 0.933 bits per heavy atom. The molecule has 4 aromatic rings. The van der Waals surface area contributed by atoms with Crippen LogP contribution in [0, 0.1) is 6.92 Å². The number of rotatable bonds is 5. The second kappa shape index (κ2) is 7.66. The molecule has 0 spiro atoms. The minimum Gasteiger partial charge on any atom is -0.318 e. The monoisotopic (exact) mass is 405 g/mol. The van der Waals surface area contributed by atoms with E-state index in [9.17, 15) is 14.4 Å². The molecule has 2 heterocycles. The third-order valence-corrected chi connectivity index (χ3v) is 4.75. The summed E-state index contributed by atoms with van der Waals surface area (Å²) in [5.74, 6) is -0.553. The average Bonchev–Trinajstić information content (AvgIpc) is 3.21. The molecule has 1 N–H and O–H groups in total. The highest BCUT2D eigenvalue weighted by atomic mass is 16.2. The van der Waals surface area contributed by atoms with Gasteiger partial charge in [0.25, 0.3) is 5.56 Å². The Hall–Kier alpha value is -4.21. The Morgan fingerprint density at radius 2 is 1.53 bits per heavy atom. The van der Waals surface area contributed by atoms with Crippen molar-refractivity contribution in [1.82, 2.24) is 29.2 Å². The Balaban J connectivity index is 1.58. The number of carbonyl (C=O) groups is 1. The van der Waals surface area contributed by atoms with E-state index in [0.717, 1.165) is 9.36 Å². The predicted octanol–water partition coefficient (Wildman–Crippen LogP) is 0.866. The molecule has 0 fully saturated rings. The molecule has 10 nitrogen and oxygen atoms in total. The lowest BCUT2D eigenvalue weighted by atomic mass is 10.3. The summed E-state index contributed by atoms with van der Waals surface area (Å²) in [6.07, 6.45) is 0. The molecule has 1 amide bonds. The maximum atomic E-state index is 12.9. The summed E-state index contributed by atoms with van der Waals surface area (Å²) in [6, 6.07) is 17.9. The van der Waals surface area contributed by atoms with Crippen LogP contribution in [0.3, 0.4) is 0 Å². The van der Waals surface area contributed by atoms with Crippen LogP contribution < -0.4 is 16.6 Å². The fraction of sp³-hybridized carbons (Fsp3) is 0.150. The van der Waals surface area contributed by atoms with E-state index < -0.39 is 11.6 Å². The van der Waals surface area contributed by atoms with Gasteiger partial charge in [0, 0.05) is 7.05 Å². The summed E-state index contributed by atoms with van der Waals surface area (Å²) in [6.45, 7) is 1.36. The van der Waals surface area contributed by atoms with Crippen LogP contribution in [-0.2, 0) is 18.4 Å². The van der Waals surface area contributed by atoms with Gasteiger partial charge in [0.15, 0.2) is 0 Å². The van der Waals surface area contributed by atoms with Crippen LogP contribution in [0.2, 0.25) is 0 Å². The summed E-state index contributed by atoms with van der Waals surface area (Å²) in [5, 5.41) is 10.2. The van der Waals surface area contributed by atoms with Crippen molar-refractivity contribution in [2.75, 3.05) is 5.32 Å². The lowest BCUT2D eigenvalue weighted by Gasteiger charge is -2.07. The van der Waals surface area contributed by atoms with Crippen molar-refractivity contribution in [2.45, 2.75) is 13.5 Å². The van der Waals surface area contributed by atoms with Crippen molar-refractivity contribution >= 4 is 11.6 Å². The molecule has 0 aliphatic heterocycles. The quantitative estimate of drug-likeness (QED) is 0.530. The summed E-state index contributed by atoms with van der Waals surface area (Å²) < 4.78 is 5.16. The van der Waals surface area contributed by atoms with Crippen molar-refractivity contribution in [3.8, 4) is 11.4 Å². The van der Waals surface area contributed by atoms with Crippen LogP contribution in [-0.4, -0.2) is 35.1 Å². The molecule has 0 aliphatic carbocycles. The molecule has 0 aliphatic rings.